The topological polar surface area (TPSA) is 35.5 Å². The smallest absolute Gasteiger partial charge is 0.254 e. The van der Waals surface area contributed by atoms with Crippen molar-refractivity contribution in [2.24, 2.45) is 0 Å². The number of hydrogen-bond donors (Lipinski definition) is 0. The SMILES string of the molecule is O=C(Cl)c1cc(Br)c2c(c1Cl)OCO2. The van der Waals surface area contributed by atoms with Crippen LogP contribution in [0.2, 0.25) is 5.02 Å². The lowest BCUT2D eigenvalue weighted by Gasteiger charge is -2.04. The maximum Gasteiger partial charge on any atom is 0.254 e. The average Bonchev–Trinajstić information content (AvgIpc) is 2.59. The summed E-state index contributed by atoms with van der Waals surface area (Å²) < 4.78 is 10.8. The molecule has 1 aliphatic rings. The molecule has 0 aromatic heterocycles. The second kappa shape index (κ2) is 3.61. The molecule has 1 aromatic rings. The number of ether oxygens (including phenoxy) is 2. The predicted molar refractivity (Wildman–Crippen MR) is 55.5 cm³/mol. The van der Waals surface area contributed by atoms with Crippen molar-refractivity contribution in [3.63, 3.8) is 0 Å². The second-order valence-electron chi connectivity index (χ2n) is 2.56. The molecule has 0 radical (unpaired) electrons. The Morgan fingerprint density at radius 2 is 2.07 bits per heavy atom. The zero-order valence-electron chi connectivity index (χ0n) is 6.64. The first-order valence-electron chi connectivity index (χ1n) is 3.58. The van der Waals surface area contributed by atoms with Crippen LogP contribution in [0.4, 0.5) is 0 Å². The lowest BCUT2D eigenvalue weighted by Crippen LogP contribution is -1.94. The highest BCUT2D eigenvalue weighted by molar-refractivity contribution is 9.10. The molecule has 0 atom stereocenters. The van der Waals surface area contributed by atoms with E-state index in [1.165, 1.54) is 6.07 Å². The van der Waals surface area contributed by atoms with E-state index in [9.17, 15) is 4.79 Å². The van der Waals surface area contributed by atoms with Crippen molar-refractivity contribution in [2.75, 3.05) is 6.79 Å². The van der Waals surface area contributed by atoms with Crippen LogP contribution in [0.25, 0.3) is 0 Å². The van der Waals surface area contributed by atoms with Crippen LogP contribution >= 0.6 is 39.1 Å². The Bertz CT molecular complexity index is 420. The molecule has 0 saturated carbocycles. The van der Waals surface area contributed by atoms with E-state index in [1.54, 1.807) is 0 Å². The number of halogens is 3. The van der Waals surface area contributed by atoms with E-state index in [0.717, 1.165) is 0 Å². The molecule has 1 aromatic carbocycles. The third kappa shape index (κ3) is 1.47. The Hall–Kier alpha value is -0.450. The van der Waals surface area contributed by atoms with Crippen LogP contribution in [0.5, 0.6) is 11.5 Å². The van der Waals surface area contributed by atoms with Gasteiger partial charge in [-0.25, -0.2) is 0 Å². The molecule has 74 valence electrons. The van der Waals surface area contributed by atoms with E-state index in [2.05, 4.69) is 15.9 Å². The second-order valence-corrected chi connectivity index (χ2v) is 4.13. The van der Waals surface area contributed by atoms with Crippen molar-refractivity contribution in [3.05, 3.63) is 21.1 Å². The van der Waals surface area contributed by atoms with Crippen LogP contribution in [-0.4, -0.2) is 12.0 Å². The normalized spacial score (nSPS) is 13.1. The van der Waals surface area contributed by atoms with Crippen molar-refractivity contribution in [1.29, 1.82) is 0 Å². The van der Waals surface area contributed by atoms with Crippen LogP contribution in [0.3, 0.4) is 0 Å². The molecule has 0 amide bonds. The van der Waals surface area contributed by atoms with Gasteiger partial charge in [0.15, 0.2) is 11.5 Å². The summed E-state index contributed by atoms with van der Waals surface area (Å²) in [6, 6.07) is 1.51. The minimum atomic E-state index is -0.631. The summed E-state index contributed by atoms with van der Waals surface area (Å²) in [5, 5.41) is -0.449. The van der Waals surface area contributed by atoms with E-state index in [-0.39, 0.29) is 17.4 Å². The maximum absolute atomic E-state index is 11.0. The molecule has 1 heterocycles. The highest BCUT2D eigenvalue weighted by atomic mass is 79.9. The van der Waals surface area contributed by atoms with Gasteiger partial charge in [0.1, 0.15) is 0 Å². The summed E-state index contributed by atoms with van der Waals surface area (Å²) in [4.78, 5) is 11.0. The molecule has 0 unspecified atom stereocenters. The number of rotatable bonds is 1. The van der Waals surface area contributed by atoms with Gasteiger partial charge in [-0.1, -0.05) is 11.6 Å². The summed E-state index contributed by atoms with van der Waals surface area (Å²) in [7, 11) is 0. The van der Waals surface area contributed by atoms with Gasteiger partial charge in [-0.05, 0) is 33.6 Å². The van der Waals surface area contributed by atoms with Crippen molar-refractivity contribution < 1.29 is 14.3 Å². The number of fused-ring (bicyclic) bond motifs is 1. The molecular formula is C8H3BrCl2O3. The highest BCUT2D eigenvalue weighted by Gasteiger charge is 2.25. The molecule has 0 saturated heterocycles. The van der Waals surface area contributed by atoms with E-state index >= 15 is 0 Å². The monoisotopic (exact) mass is 296 g/mol. The van der Waals surface area contributed by atoms with Gasteiger partial charge >= 0.3 is 0 Å². The standard InChI is InChI=1S/C8H3BrCl2O3/c9-4-1-3(8(11)12)5(10)7-6(4)13-2-14-7/h1H,2H2. The molecular weight excluding hydrogens is 295 g/mol. The summed E-state index contributed by atoms with van der Waals surface area (Å²) in [6.07, 6.45) is 0. The largest absolute Gasteiger partial charge is 0.452 e. The molecule has 3 nitrogen and oxygen atoms in total. The molecule has 0 fully saturated rings. The maximum atomic E-state index is 11.0. The first-order valence-corrected chi connectivity index (χ1v) is 5.13. The molecule has 1 aliphatic heterocycles. The van der Waals surface area contributed by atoms with Gasteiger partial charge in [0.2, 0.25) is 6.79 Å². The fraction of sp³-hybridized carbons (Fsp3) is 0.125. The summed E-state index contributed by atoms with van der Waals surface area (Å²) >= 11 is 14.5. The van der Waals surface area contributed by atoms with Crippen LogP contribution in [-0.2, 0) is 0 Å². The molecule has 2 rings (SSSR count). The Labute approximate surface area is 98.0 Å². The highest BCUT2D eigenvalue weighted by Crippen LogP contribution is 2.46. The van der Waals surface area contributed by atoms with E-state index < -0.39 is 5.24 Å². The number of benzene rings is 1. The van der Waals surface area contributed by atoms with Crippen LogP contribution in [0, 0.1) is 0 Å². The zero-order chi connectivity index (χ0) is 10.3. The number of hydrogen-bond acceptors (Lipinski definition) is 3. The van der Waals surface area contributed by atoms with E-state index in [1.807, 2.05) is 0 Å². The average molecular weight is 298 g/mol. The van der Waals surface area contributed by atoms with E-state index in [0.29, 0.717) is 16.0 Å². The molecule has 0 aliphatic carbocycles. The quantitative estimate of drug-likeness (QED) is 0.747. The van der Waals surface area contributed by atoms with Crippen molar-refractivity contribution in [1.82, 2.24) is 0 Å². The Balaban J connectivity index is 2.68. The number of carbonyl (C=O) groups is 1. The van der Waals surface area contributed by atoms with Crippen LogP contribution in [0.1, 0.15) is 10.4 Å². The first-order chi connectivity index (χ1) is 6.61. The lowest BCUT2D eigenvalue weighted by atomic mass is 10.2. The van der Waals surface area contributed by atoms with Gasteiger partial charge in [0.25, 0.3) is 5.24 Å². The fourth-order valence-corrected chi connectivity index (χ4v) is 2.14. The third-order valence-corrected chi connectivity index (χ3v) is 2.92. The summed E-state index contributed by atoms with van der Waals surface area (Å²) in [6.45, 7) is 0.0909. The van der Waals surface area contributed by atoms with Gasteiger partial charge < -0.3 is 9.47 Å². The minimum absolute atomic E-state index is 0.0909. The van der Waals surface area contributed by atoms with Gasteiger partial charge in [-0.15, -0.1) is 0 Å². The van der Waals surface area contributed by atoms with E-state index in [4.69, 9.17) is 32.7 Å². The molecule has 0 spiro atoms. The molecule has 0 N–H and O–H groups in total. The summed E-state index contributed by atoms with van der Waals surface area (Å²) in [5.74, 6) is 0.849. The fourth-order valence-electron chi connectivity index (χ4n) is 1.14. The predicted octanol–water partition coefficient (Wildman–Crippen LogP) is 3.21. The zero-order valence-corrected chi connectivity index (χ0v) is 9.74. The van der Waals surface area contributed by atoms with Crippen LogP contribution < -0.4 is 9.47 Å². The number of carbonyl (C=O) groups excluding carboxylic acids is 1. The molecule has 6 heteroatoms. The van der Waals surface area contributed by atoms with Gasteiger partial charge in [0, 0.05) is 0 Å². The van der Waals surface area contributed by atoms with Crippen molar-refractivity contribution in [3.8, 4) is 11.5 Å². The minimum Gasteiger partial charge on any atom is -0.452 e. The van der Waals surface area contributed by atoms with Crippen molar-refractivity contribution >= 4 is 44.4 Å². The first kappa shape index (κ1) is 10.1. The lowest BCUT2D eigenvalue weighted by molar-refractivity contribution is 0.108. The van der Waals surface area contributed by atoms with Crippen LogP contribution in [0.15, 0.2) is 10.5 Å². The summed E-state index contributed by atoms with van der Waals surface area (Å²) in [5.41, 5.74) is 0.199. The van der Waals surface area contributed by atoms with Crippen molar-refractivity contribution in [2.45, 2.75) is 0 Å². The Morgan fingerprint density at radius 1 is 1.43 bits per heavy atom. The van der Waals surface area contributed by atoms with Gasteiger partial charge in [-0.3, -0.25) is 4.79 Å². The van der Waals surface area contributed by atoms with Gasteiger partial charge in [0.05, 0.1) is 15.1 Å². The van der Waals surface area contributed by atoms with Gasteiger partial charge in [-0.2, -0.15) is 0 Å². The third-order valence-electron chi connectivity index (χ3n) is 1.75. The Morgan fingerprint density at radius 3 is 2.71 bits per heavy atom. The molecule has 14 heavy (non-hydrogen) atoms. The Kier molecular flexibility index (Phi) is 2.60. The molecule has 0 bridgehead atoms.